The zero-order chi connectivity index (χ0) is 22.9. The first-order chi connectivity index (χ1) is 16.2. The average molecular weight is 445 g/mol. The molecule has 0 bridgehead atoms. The lowest BCUT2D eigenvalue weighted by molar-refractivity contribution is -0.139. The van der Waals surface area contributed by atoms with Gasteiger partial charge in [0.15, 0.2) is 6.61 Å². The summed E-state index contributed by atoms with van der Waals surface area (Å²) in [6.07, 6.45) is 11.6. The number of oxime groups is 1. The van der Waals surface area contributed by atoms with Crippen molar-refractivity contribution in [3.8, 4) is 5.75 Å². The van der Waals surface area contributed by atoms with E-state index in [2.05, 4.69) is 22.3 Å². The predicted molar refractivity (Wildman–Crippen MR) is 128 cm³/mol. The summed E-state index contributed by atoms with van der Waals surface area (Å²) in [5, 5.41) is 13.3. The monoisotopic (exact) mass is 444 g/mol. The second kappa shape index (κ2) is 11.2. The van der Waals surface area contributed by atoms with E-state index in [1.807, 2.05) is 67.0 Å². The van der Waals surface area contributed by atoms with Crippen LogP contribution < -0.4 is 4.74 Å². The van der Waals surface area contributed by atoms with Crippen molar-refractivity contribution in [2.75, 3.05) is 13.2 Å². The fourth-order valence-electron chi connectivity index (χ4n) is 4.12. The summed E-state index contributed by atoms with van der Waals surface area (Å²) in [4.78, 5) is 19.5. The Hall–Kier alpha value is -3.80. The Balaban J connectivity index is 1.33. The highest BCUT2D eigenvalue weighted by Gasteiger charge is 2.20. The van der Waals surface area contributed by atoms with Gasteiger partial charge >= 0.3 is 5.97 Å². The summed E-state index contributed by atoms with van der Waals surface area (Å²) >= 11 is 0. The van der Waals surface area contributed by atoms with E-state index in [-0.39, 0.29) is 6.61 Å². The van der Waals surface area contributed by atoms with Crippen molar-refractivity contribution in [3.05, 3.63) is 101 Å². The maximum Gasteiger partial charge on any atom is 0.341 e. The van der Waals surface area contributed by atoms with Gasteiger partial charge in [0, 0.05) is 18.8 Å². The van der Waals surface area contributed by atoms with Crippen molar-refractivity contribution < 1.29 is 19.5 Å². The van der Waals surface area contributed by atoms with Gasteiger partial charge in [-0.3, -0.25) is 0 Å². The van der Waals surface area contributed by atoms with E-state index in [4.69, 9.17) is 14.7 Å². The number of aromatic nitrogens is 1. The SMILES string of the molecule is O=C(O)COc1cccc2c1CCC(/C=C/CO/N=C(\Cc1cc[nH]c1)c1ccccc1)C2. The van der Waals surface area contributed by atoms with Gasteiger partial charge in [-0.05, 0) is 65.6 Å². The first-order valence-corrected chi connectivity index (χ1v) is 11.2. The molecule has 1 aromatic heterocycles. The number of aromatic amines is 1. The zero-order valence-corrected chi connectivity index (χ0v) is 18.4. The minimum absolute atomic E-state index is 0.313. The number of carboxylic acids is 1. The van der Waals surface area contributed by atoms with Crippen LogP contribution in [0.3, 0.4) is 0 Å². The van der Waals surface area contributed by atoms with Gasteiger partial charge in [0.05, 0.1) is 5.71 Å². The lowest BCUT2D eigenvalue weighted by Gasteiger charge is -2.24. The molecule has 0 radical (unpaired) electrons. The smallest absolute Gasteiger partial charge is 0.341 e. The van der Waals surface area contributed by atoms with E-state index >= 15 is 0 Å². The molecule has 1 heterocycles. The van der Waals surface area contributed by atoms with Crippen molar-refractivity contribution in [1.82, 2.24) is 4.98 Å². The van der Waals surface area contributed by atoms with Crippen molar-refractivity contribution in [1.29, 1.82) is 0 Å². The van der Waals surface area contributed by atoms with E-state index in [0.717, 1.165) is 41.7 Å². The molecule has 1 unspecified atom stereocenters. The molecule has 0 amide bonds. The Morgan fingerprint density at radius 2 is 2.03 bits per heavy atom. The maximum atomic E-state index is 10.8. The highest BCUT2D eigenvalue weighted by molar-refractivity contribution is 6.01. The quantitative estimate of drug-likeness (QED) is 0.204. The summed E-state index contributed by atoms with van der Waals surface area (Å²) in [7, 11) is 0. The zero-order valence-electron chi connectivity index (χ0n) is 18.4. The van der Waals surface area contributed by atoms with Gasteiger partial charge in [-0.25, -0.2) is 4.79 Å². The number of carboxylic acid groups (broad SMARTS) is 1. The van der Waals surface area contributed by atoms with Crippen molar-refractivity contribution in [3.63, 3.8) is 0 Å². The Morgan fingerprint density at radius 1 is 1.15 bits per heavy atom. The molecular formula is C27H28N2O4. The number of aliphatic carboxylic acids is 1. The van der Waals surface area contributed by atoms with E-state index < -0.39 is 5.97 Å². The van der Waals surface area contributed by atoms with Crippen LogP contribution in [0.1, 0.15) is 28.7 Å². The third kappa shape index (κ3) is 6.35. The molecule has 6 nitrogen and oxygen atoms in total. The highest BCUT2D eigenvalue weighted by atomic mass is 16.6. The number of allylic oxidation sites excluding steroid dienone is 1. The molecule has 0 saturated heterocycles. The number of hydrogen-bond acceptors (Lipinski definition) is 4. The first kappa shape index (κ1) is 22.4. The predicted octanol–water partition coefficient (Wildman–Crippen LogP) is 4.80. The van der Waals surface area contributed by atoms with E-state index in [9.17, 15) is 4.79 Å². The first-order valence-electron chi connectivity index (χ1n) is 11.2. The number of ether oxygens (including phenoxy) is 1. The normalized spacial score (nSPS) is 15.9. The molecule has 3 aromatic rings. The fraction of sp³-hybridized carbons (Fsp3) is 0.259. The third-order valence-corrected chi connectivity index (χ3v) is 5.72. The summed E-state index contributed by atoms with van der Waals surface area (Å²) in [5.74, 6) is 0.134. The van der Waals surface area contributed by atoms with Crippen LogP contribution in [-0.2, 0) is 28.9 Å². The summed E-state index contributed by atoms with van der Waals surface area (Å²) < 4.78 is 5.46. The Bertz CT molecular complexity index is 1100. The molecule has 0 fully saturated rings. The van der Waals surface area contributed by atoms with E-state index in [1.54, 1.807) is 0 Å². The molecule has 170 valence electrons. The van der Waals surface area contributed by atoms with Gasteiger partial charge in [0.25, 0.3) is 0 Å². The van der Waals surface area contributed by atoms with Crippen LogP contribution in [0.4, 0.5) is 0 Å². The van der Waals surface area contributed by atoms with Crippen LogP contribution in [0.25, 0.3) is 0 Å². The number of H-pyrrole nitrogens is 1. The Morgan fingerprint density at radius 3 is 2.82 bits per heavy atom. The van der Waals surface area contributed by atoms with Gasteiger partial charge in [-0.1, -0.05) is 53.7 Å². The number of nitrogens with one attached hydrogen (secondary N) is 1. The third-order valence-electron chi connectivity index (χ3n) is 5.72. The molecule has 33 heavy (non-hydrogen) atoms. The van der Waals surface area contributed by atoms with E-state index in [0.29, 0.717) is 24.7 Å². The fourth-order valence-corrected chi connectivity index (χ4v) is 4.12. The topological polar surface area (TPSA) is 83.9 Å². The lowest BCUT2D eigenvalue weighted by atomic mass is 9.83. The molecule has 6 heteroatoms. The molecule has 1 atom stereocenters. The van der Waals surface area contributed by atoms with Crippen LogP contribution in [-0.4, -0.2) is 35.0 Å². The van der Waals surface area contributed by atoms with Crippen molar-refractivity contribution in [2.45, 2.75) is 25.7 Å². The number of rotatable bonds is 10. The lowest BCUT2D eigenvalue weighted by Crippen LogP contribution is -2.16. The second-order valence-electron chi connectivity index (χ2n) is 8.10. The number of benzene rings is 2. The van der Waals surface area contributed by atoms with Crippen LogP contribution in [0.15, 0.2) is 84.3 Å². The molecule has 0 saturated carbocycles. The van der Waals surface area contributed by atoms with Crippen LogP contribution in [0.2, 0.25) is 0 Å². The van der Waals surface area contributed by atoms with Crippen LogP contribution in [0.5, 0.6) is 5.75 Å². The molecule has 1 aliphatic carbocycles. The Labute approximate surface area is 193 Å². The Kier molecular flexibility index (Phi) is 7.59. The van der Waals surface area contributed by atoms with Gasteiger partial charge < -0.3 is 19.7 Å². The summed E-state index contributed by atoms with van der Waals surface area (Å²) in [6.45, 7) is 0.0985. The minimum atomic E-state index is -0.963. The number of hydrogen-bond donors (Lipinski definition) is 2. The minimum Gasteiger partial charge on any atom is -0.482 e. The molecule has 2 N–H and O–H groups in total. The van der Waals surface area contributed by atoms with Crippen LogP contribution in [0, 0.1) is 5.92 Å². The highest BCUT2D eigenvalue weighted by Crippen LogP contribution is 2.32. The van der Waals surface area contributed by atoms with E-state index in [1.165, 1.54) is 5.56 Å². The number of fused-ring (bicyclic) bond motifs is 1. The van der Waals surface area contributed by atoms with Gasteiger partial charge in [-0.15, -0.1) is 0 Å². The molecule has 0 spiro atoms. The molecular weight excluding hydrogens is 416 g/mol. The molecule has 2 aromatic carbocycles. The molecule has 0 aliphatic heterocycles. The summed E-state index contributed by atoms with van der Waals surface area (Å²) in [5.41, 5.74) is 5.44. The van der Waals surface area contributed by atoms with Crippen LogP contribution >= 0.6 is 0 Å². The maximum absolute atomic E-state index is 10.8. The second-order valence-corrected chi connectivity index (χ2v) is 8.10. The molecule has 1 aliphatic rings. The van der Waals surface area contributed by atoms with Crippen molar-refractivity contribution >= 4 is 11.7 Å². The standard InChI is InChI=1S/C27H28N2O4/c30-27(31)19-32-26-10-4-9-23-16-20(11-12-24(23)26)6-5-15-33-29-25(17-21-13-14-28-18-21)22-7-2-1-3-8-22/h1-10,13-14,18,20,28H,11-12,15-17,19H2,(H,30,31)/b6-5+,29-25+. The van der Waals surface area contributed by atoms with Gasteiger partial charge in [-0.2, -0.15) is 0 Å². The largest absolute Gasteiger partial charge is 0.482 e. The molecule has 4 rings (SSSR count). The average Bonchev–Trinajstić information content (AvgIpc) is 3.35. The number of carbonyl (C=O) groups is 1. The summed E-state index contributed by atoms with van der Waals surface area (Å²) in [6, 6.07) is 18.0. The number of nitrogens with zero attached hydrogens (tertiary/aromatic N) is 1. The van der Waals surface area contributed by atoms with Gasteiger partial charge in [0.2, 0.25) is 0 Å². The van der Waals surface area contributed by atoms with Crippen molar-refractivity contribution in [2.24, 2.45) is 11.1 Å². The van der Waals surface area contributed by atoms with Gasteiger partial charge in [0.1, 0.15) is 12.4 Å².